The first kappa shape index (κ1) is 15.6. The Kier molecular flexibility index (Phi) is 4.35. The average molecular weight is 310 g/mol. The van der Waals surface area contributed by atoms with Crippen LogP contribution in [0.15, 0.2) is 36.4 Å². The molecule has 2 aromatic rings. The van der Waals surface area contributed by atoms with E-state index >= 15 is 0 Å². The molecule has 0 saturated carbocycles. The third-order valence-corrected chi connectivity index (χ3v) is 4.24. The minimum atomic E-state index is 0.00674. The molecule has 4 heteroatoms. The Morgan fingerprint density at radius 1 is 1.22 bits per heavy atom. The van der Waals surface area contributed by atoms with E-state index < -0.39 is 0 Å². The molecular formula is C19H22N2O2. The van der Waals surface area contributed by atoms with Crippen molar-refractivity contribution in [3.8, 4) is 5.75 Å². The van der Waals surface area contributed by atoms with Crippen molar-refractivity contribution in [1.82, 2.24) is 0 Å². The summed E-state index contributed by atoms with van der Waals surface area (Å²) in [5.41, 5.74) is 10.5. The lowest BCUT2D eigenvalue weighted by molar-refractivity contribution is 0.0987. The van der Waals surface area contributed by atoms with E-state index in [2.05, 4.69) is 0 Å². The number of carbonyl (C=O) groups is 1. The Labute approximate surface area is 136 Å². The molecule has 120 valence electrons. The molecule has 1 aliphatic heterocycles. The van der Waals surface area contributed by atoms with Gasteiger partial charge in [0, 0.05) is 18.7 Å². The fourth-order valence-corrected chi connectivity index (χ4v) is 2.91. The summed E-state index contributed by atoms with van der Waals surface area (Å²) >= 11 is 0. The van der Waals surface area contributed by atoms with E-state index in [0.717, 1.165) is 34.5 Å². The van der Waals surface area contributed by atoms with Gasteiger partial charge in [0.25, 0.3) is 5.91 Å². The molecule has 0 bridgehead atoms. The van der Waals surface area contributed by atoms with Gasteiger partial charge in [0.05, 0.1) is 12.3 Å². The molecule has 0 radical (unpaired) electrons. The Balaban J connectivity index is 1.98. The van der Waals surface area contributed by atoms with Crippen molar-refractivity contribution in [3.05, 3.63) is 58.7 Å². The number of benzene rings is 2. The summed E-state index contributed by atoms with van der Waals surface area (Å²) in [6.45, 7) is 5.79. The van der Waals surface area contributed by atoms with E-state index in [1.807, 2.05) is 55.1 Å². The number of hydrogen-bond donors (Lipinski definition) is 1. The SMILES string of the molecule is Cc1ccc2c(c1)OCCCN2C(=O)c1ccc(CN)c(C)c1. The highest BCUT2D eigenvalue weighted by molar-refractivity contribution is 6.07. The second kappa shape index (κ2) is 6.42. The molecule has 2 N–H and O–H groups in total. The molecule has 0 aliphatic carbocycles. The molecule has 1 amide bonds. The molecule has 1 heterocycles. The van der Waals surface area contributed by atoms with Gasteiger partial charge in [-0.05, 0) is 61.2 Å². The molecule has 0 atom stereocenters. The minimum absolute atomic E-state index is 0.00674. The zero-order valence-corrected chi connectivity index (χ0v) is 13.6. The van der Waals surface area contributed by atoms with Gasteiger partial charge in [0.1, 0.15) is 5.75 Å². The predicted octanol–water partition coefficient (Wildman–Crippen LogP) is 3.19. The van der Waals surface area contributed by atoms with Gasteiger partial charge < -0.3 is 15.4 Å². The van der Waals surface area contributed by atoms with E-state index in [1.54, 1.807) is 0 Å². The average Bonchev–Trinajstić information content (AvgIpc) is 2.75. The Bertz CT molecular complexity index is 740. The van der Waals surface area contributed by atoms with Crippen LogP contribution in [0.5, 0.6) is 5.75 Å². The van der Waals surface area contributed by atoms with Crippen molar-refractivity contribution in [2.45, 2.75) is 26.8 Å². The maximum Gasteiger partial charge on any atom is 0.258 e. The first-order valence-corrected chi connectivity index (χ1v) is 7.95. The van der Waals surface area contributed by atoms with Crippen LogP contribution in [-0.2, 0) is 6.54 Å². The van der Waals surface area contributed by atoms with Crippen LogP contribution >= 0.6 is 0 Å². The number of rotatable bonds is 2. The van der Waals surface area contributed by atoms with Gasteiger partial charge in [0.15, 0.2) is 0 Å². The van der Waals surface area contributed by atoms with Crippen LogP contribution in [0.4, 0.5) is 5.69 Å². The van der Waals surface area contributed by atoms with Crippen LogP contribution in [0.2, 0.25) is 0 Å². The molecule has 0 spiro atoms. The molecule has 0 aromatic heterocycles. The summed E-state index contributed by atoms with van der Waals surface area (Å²) in [6, 6.07) is 11.7. The molecule has 1 aliphatic rings. The van der Waals surface area contributed by atoms with Gasteiger partial charge >= 0.3 is 0 Å². The molecule has 0 fully saturated rings. The van der Waals surface area contributed by atoms with Crippen LogP contribution in [0.3, 0.4) is 0 Å². The highest BCUT2D eigenvalue weighted by Gasteiger charge is 2.23. The van der Waals surface area contributed by atoms with Crippen LogP contribution in [-0.4, -0.2) is 19.1 Å². The number of nitrogens with zero attached hydrogens (tertiary/aromatic N) is 1. The Hall–Kier alpha value is -2.33. The number of aryl methyl sites for hydroxylation is 2. The van der Waals surface area contributed by atoms with E-state index in [-0.39, 0.29) is 5.91 Å². The highest BCUT2D eigenvalue weighted by Crippen LogP contribution is 2.33. The van der Waals surface area contributed by atoms with Crippen LogP contribution in [0.1, 0.15) is 33.5 Å². The summed E-state index contributed by atoms with van der Waals surface area (Å²) in [4.78, 5) is 14.8. The Morgan fingerprint density at radius 2 is 2.04 bits per heavy atom. The quantitative estimate of drug-likeness (QED) is 0.927. The molecule has 23 heavy (non-hydrogen) atoms. The van der Waals surface area contributed by atoms with E-state index in [4.69, 9.17) is 10.5 Å². The zero-order valence-electron chi connectivity index (χ0n) is 13.6. The van der Waals surface area contributed by atoms with Gasteiger partial charge in [-0.25, -0.2) is 0 Å². The van der Waals surface area contributed by atoms with Gasteiger partial charge in [-0.3, -0.25) is 4.79 Å². The number of nitrogens with two attached hydrogens (primary N) is 1. The highest BCUT2D eigenvalue weighted by atomic mass is 16.5. The first-order chi connectivity index (χ1) is 11.1. The lowest BCUT2D eigenvalue weighted by Crippen LogP contribution is -2.31. The maximum absolute atomic E-state index is 13.0. The van der Waals surface area contributed by atoms with Crippen LogP contribution in [0, 0.1) is 13.8 Å². The summed E-state index contributed by atoms with van der Waals surface area (Å²) in [7, 11) is 0. The fourth-order valence-electron chi connectivity index (χ4n) is 2.91. The van der Waals surface area contributed by atoms with Crippen LogP contribution in [0.25, 0.3) is 0 Å². The zero-order chi connectivity index (χ0) is 16.4. The second-order valence-electron chi connectivity index (χ2n) is 5.98. The molecule has 2 aromatic carbocycles. The number of fused-ring (bicyclic) bond motifs is 1. The van der Waals surface area contributed by atoms with E-state index in [1.165, 1.54) is 0 Å². The number of hydrogen-bond acceptors (Lipinski definition) is 3. The topological polar surface area (TPSA) is 55.6 Å². The van der Waals surface area contributed by atoms with E-state index in [0.29, 0.717) is 25.3 Å². The largest absolute Gasteiger partial charge is 0.491 e. The normalized spacial score (nSPS) is 14.0. The maximum atomic E-state index is 13.0. The lowest BCUT2D eigenvalue weighted by Gasteiger charge is -2.22. The summed E-state index contributed by atoms with van der Waals surface area (Å²) in [5.74, 6) is 0.790. The summed E-state index contributed by atoms with van der Waals surface area (Å²) < 4.78 is 5.80. The number of ether oxygens (including phenoxy) is 1. The summed E-state index contributed by atoms with van der Waals surface area (Å²) in [5, 5.41) is 0. The van der Waals surface area contributed by atoms with Crippen molar-refractivity contribution in [2.24, 2.45) is 5.73 Å². The number of carbonyl (C=O) groups excluding carboxylic acids is 1. The Morgan fingerprint density at radius 3 is 2.78 bits per heavy atom. The van der Waals surface area contributed by atoms with Gasteiger partial charge in [0.2, 0.25) is 0 Å². The predicted molar refractivity (Wildman–Crippen MR) is 92.0 cm³/mol. The first-order valence-electron chi connectivity index (χ1n) is 7.95. The number of anilines is 1. The van der Waals surface area contributed by atoms with Crippen molar-refractivity contribution in [3.63, 3.8) is 0 Å². The van der Waals surface area contributed by atoms with Gasteiger partial charge in [-0.1, -0.05) is 12.1 Å². The summed E-state index contributed by atoms with van der Waals surface area (Å²) in [6.07, 6.45) is 0.819. The molecule has 4 nitrogen and oxygen atoms in total. The van der Waals surface area contributed by atoms with Gasteiger partial charge in [-0.2, -0.15) is 0 Å². The standard InChI is InChI=1S/C19H22N2O2/c1-13-4-7-17-18(10-13)23-9-3-8-21(17)19(22)15-5-6-16(12-20)14(2)11-15/h4-7,10-11H,3,8-9,12,20H2,1-2H3. The minimum Gasteiger partial charge on any atom is -0.491 e. The molecular weight excluding hydrogens is 288 g/mol. The fraction of sp³-hybridized carbons (Fsp3) is 0.316. The molecule has 3 rings (SSSR count). The molecule has 0 unspecified atom stereocenters. The van der Waals surface area contributed by atoms with E-state index in [9.17, 15) is 4.79 Å². The second-order valence-corrected chi connectivity index (χ2v) is 5.98. The van der Waals surface area contributed by atoms with Crippen LogP contribution < -0.4 is 15.4 Å². The van der Waals surface area contributed by atoms with Crippen molar-refractivity contribution in [2.75, 3.05) is 18.1 Å². The number of amides is 1. The van der Waals surface area contributed by atoms with Crippen molar-refractivity contribution in [1.29, 1.82) is 0 Å². The van der Waals surface area contributed by atoms with Crippen molar-refractivity contribution < 1.29 is 9.53 Å². The van der Waals surface area contributed by atoms with Crippen molar-refractivity contribution >= 4 is 11.6 Å². The monoisotopic (exact) mass is 310 g/mol. The smallest absolute Gasteiger partial charge is 0.258 e. The lowest BCUT2D eigenvalue weighted by atomic mass is 10.0. The van der Waals surface area contributed by atoms with Gasteiger partial charge in [-0.15, -0.1) is 0 Å². The third-order valence-electron chi connectivity index (χ3n) is 4.24. The third kappa shape index (κ3) is 3.08. The molecule has 0 saturated heterocycles.